The molecule has 1 atom stereocenters. The van der Waals surface area contributed by atoms with E-state index in [0.717, 1.165) is 23.0 Å². The normalized spacial score (nSPS) is 14.9. The zero-order valence-electron chi connectivity index (χ0n) is 23.0. The van der Waals surface area contributed by atoms with Crippen molar-refractivity contribution in [2.75, 3.05) is 6.61 Å². The van der Waals surface area contributed by atoms with Crippen LogP contribution >= 0.6 is 68.1 Å². The van der Waals surface area contributed by atoms with Gasteiger partial charge in [0.25, 0.3) is 5.56 Å². The first kappa shape index (κ1) is 33.2. The summed E-state index contributed by atoms with van der Waals surface area (Å²) >= 11 is 11.0. The summed E-state index contributed by atoms with van der Waals surface area (Å²) in [7, 11) is 0. The van der Waals surface area contributed by atoms with Crippen molar-refractivity contribution in [3.05, 3.63) is 126 Å². The third kappa shape index (κ3) is 6.98. The monoisotopic (exact) mass is 875 g/mol. The molecule has 45 heavy (non-hydrogen) atoms. The summed E-state index contributed by atoms with van der Waals surface area (Å²) in [5, 5.41) is 9.79. The average molecular weight is 876 g/mol. The Balaban J connectivity index is 1.72. The van der Waals surface area contributed by atoms with Gasteiger partial charge in [-0.15, -0.1) is 0 Å². The van der Waals surface area contributed by atoms with Gasteiger partial charge in [0.1, 0.15) is 12.4 Å². The number of hydrogen-bond acceptors (Lipinski definition) is 7. The Kier molecular flexibility index (Phi) is 10.1. The average Bonchev–Trinajstić information content (AvgIpc) is 3.30. The van der Waals surface area contributed by atoms with E-state index in [-0.39, 0.29) is 28.1 Å². The molecular weight excluding hydrogens is 857 g/mol. The third-order valence-corrected chi connectivity index (χ3v) is 9.27. The summed E-state index contributed by atoms with van der Waals surface area (Å²) in [6.45, 7) is 1.36. The molecule has 1 aliphatic rings. The number of nitriles is 1. The predicted molar refractivity (Wildman–Crippen MR) is 180 cm³/mol. The number of halogens is 6. The molecule has 4 aromatic rings. The molecule has 0 aliphatic carbocycles. The second-order valence-electron chi connectivity index (χ2n) is 9.48. The molecule has 0 saturated carbocycles. The minimum atomic E-state index is -5.02. The fourth-order valence-electron chi connectivity index (χ4n) is 4.69. The largest absolute Gasteiger partial charge is 0.487 e. The van der Waals surface area contributed by atoms with Gasteiger partial charge in [0.05, 0.1) is 38.0 Å². The lowest BCUT2D eigenvalue weighted by Crippen LogP contribution is -2.41. The standard InChI is InChI=1S/C31H19ClF3I2N3O4S/c1-2-43-29(42)24-25(16-7-9-20(32)10-8-16)40-28(41)23(45-30(40)39-27(24)31(33,34)35)12-19-11-21(36)13-22(37)26(19)44-15-18-6-4-3-5-17(18)14-38/h3-13,25H,2,15H2,1H3/b23-12-/t25-/m1/s1. The summed E-state index contributed by atoms with van der Waals surface area (Å²) < 4.78 is 57.1. The Morgan fingerprint density at radius 1 is 1.18 bits per heavy atom. The van der Waals surface area contributed by atoms with E-state index in [0.29, 0.717) is 27.5 Å². The Morgan fingerprint density at radius 2 is 1.89 bits per heavy atom. The molecule has 14 heteroatoms. The van der Waals surface area contributed by atoms with E-state index in [2.05, 4.69) is 56.2 Å². The molecule has 1 aliphatic heterocycles. The van der Waals surface area contributed by atoms with Crippen LogP contribution in [0.1, 0.15) is 35.2 Å². The van der Waals surface area contributed by atoms with Gasteiger partial charge in [-0.1, -0.05) is 53.3 Å². The van der Waals surface area contributed by atoms with Gasteiger partial charge in [0, 0.05) is 19.7 Å². The zero-order chi connectivity index (χ0) is 32.5. The van der Waals surface area contributed by atoms with Crippen LogP contribution in [0.4, 0.5) is 13.2 Å². The number of carbonyl (C=O) groups excluding carboxylic acids is 1. The molecule has 1 aromatic heterocycles. The van der Waals surface area contributed by atoms with Crippen molar-refractivity contribution in [2.45, 2.75) is 25.7 Å². The lowest BCUT2D eigenvalue weighted by molar-refractivity contribution is -0.140. The van der Waals surface area contributed by atoms with Crippen molar-refractivity contribution in [3.8, 4) is 11.8 Å². The molecule has 3 aromatic carbocycles. The number of esters is 1. The summed E-state index contributed by atoms with van der Waals surface area (Å²) in [6.07, 6.45) is -3.49. The van der Waals surface area contributed by atoms with Crippen molar-refractivity contribution in [1.29, 1.82) is 5.26 Å². The third-order valence-electron chi connectivity index (χ3n) is 6.61. The molecule has 230 valence electrons. The van der Waals surface area contributed by atoms with Crippen molar-refractivity contribution >= 4 is 80.2 Å². The Labute approximate surface area is 290 Å². The van der Waals surface area contributed by atoms with Crippen molar-refractivity contribution < 1.29 is 27.4 Å². The van der Waals surface area contributed by atoms with Crippen LogP contribution in [0.25, 0.3) is 6.08 Å². The number of benzene rings is 3. The van der Waals surface area contributed by atoms with Gasteiger partial charge in [-0.3, -0.25) is 9.36 Å². The molecular formula is C31H19ClF3I2N3O4S. The first-order valence-electron chi connectivity index (χ1n) is 13.1. The fraction of sp³-hybridized carbons (Fsp3) is 0.161. The van der Waals surface area contributed by atoms with Gasteiger partial charge in [0.15, 0.2) is 10.5 Å². The van der Waals surface area contributed by atoms with E-state index in [1.165, 1.54) is 37.3 Å². The molecule has 2 heterocycles. The summed E-state index contributed by atoms with van der Waals surface area (Å²) in [5.74, 6) is -0.810. The van der Waals surface area contributed by atoms with E-state index in [9.17, 15) is 28.0 Å². The van der Waals surface area contributed by atoms with Crippen LogP contribution in [-0.2, 0) is 16.1 Å². The van der Waals surface area contributed by atoms with Gasteiger partial charge in [0.2, 0.25) is 0 Å². The molecule has 0 saturated heterocycles. The number of carbonyl (C=O) groups is 1. The lowest BCUT2D eigenvalue weighted by Gasteiger charge is -2.26. The summed E-state index contributed by atoms with van der Waals surface area (Å²) in [6, 6.07) is 17.1. The SMILES string of the molecule is CCOC(=O)C1=C(C(F)(F)F)N=c2s/c(=C\c3cc(I)cc(I)c3OCc3ccccc3C#N)c(=O)n2[C@@H]1c1ccc(Cl)cc1. The van der Waals surface area contributed by atoms with E-state index < -0.39 is 35.0 Å². The molecule has 0 amide bonds. The van der Waals surface area contributed by atoms with E-state index in [4.69, 9.17) is 21.1 Å². The molecule has 0 radical (unpaired) electrons. The van der Waals surface area contributed by atoms with Crippen LogP contribution in [0.2, 0.25) is 5.02 Å². The molecule has 0 N–H and O–H groups in total. The highest BCUT2D eigenvalue weighted by Gasteiger charge is 2.45. The van der Waals surface area contributed by atoms with E-state index in [1.54, 1.807) is 30.3 Å². The van der Waals surface area contributed by atoms with Gasteiger partial charge < -0.3 is 9.47 Å². The summed E-state index contributed by atoms with van der Waals surface area (Å²) in [4.78, 5) is 30.6. The maximum atomic E-state index is 14.4. The maximum absolute atomic E-state index is 14.4. The quantitative estimate of drug-likeness (QED) is 0.153. The maximum Gasteiger partial charge on any atom is 0.434 e. The minimum Gasteiger partial charge on any atom is -0.487 e. The number of ether oxygens (including phenoxy) is 2. The van der Waals surface area contributed by atoms with Crippen molar-refractivity contribution in [1.82, 2.24) is 4.57 Å². The number of thiazole rings is 1. The highest BCUT2D eigenvalue weighted by molar-refractivity contribution is 14.1. The lowest BCUT2D eigenvalue weighted by atomic mass is 9.95. The number of alkyl halides is 3. The number of hydrogen-bond donors (Lipinski definition) is 0. The van der Waals surface area contributed by atoms with Crippen molar-refractivity contribution in [3.63, 3.8) is 0 Å². The first-order chi connectivity index (χ1) is 21.4. The molecule has 7 nitrogen and oxygen atoms in total. The second kappa shape index (κ2) is 13.7. The Hall–Kier alpha value is -3.20. The van der Waals surface area contributed by atoms with Crippen molar-refractivity contribution in [2.24, 2.45) is 4.99 Å². The van der Waals surface area contributed by atoms with E-state index in [1.807, 2.05) is 6.07 Å². The molecule has 0 bridgehead atoms. The summed E-state index contributed by atoms with van der Waals surface area (Å²) in [5.41, 5.74) is -1.06. The van der Waals surface area contributed by atoms with Crippen LogP contribution in [0.15, 0.2) is 81.7 Å². The highest BCUT2D eigenvalue weighted by atomic mass is 127. The van der Waals surface area contributed by atoms with E-state index >= 15 is 0 Å². The smallest absolute Gasteiger partial charge is 0.434 e. The van der Waals surface area contributed by atoms with Gasteiger partial charge in [-0.05, 0) is 94.1 Å². The van der Waals surface area contributed by atoms with Gasteiger partial charge >= 0.3 is 12.1 Å². The molecule has 0 spiro atoms. The molecule has 0 fully saturated rings. The van der Waals surface area contributed by atoms with Crippen LogP contribution in [0.5, 0.6) is 5.75 Å². The van der Waals surface area contributed by atoms with Crippen LogP contribution in [0.3, 0.4) is 0 Å². The molecule has 5 rings (SSSR count). The Morgan fingerprint density at radius 3 is 2.56 bits per heavy atom. The number of allylic oxidation sites excluding steroid dienone is 1. The minimum absolute atomic E-state index is 0.0663. The number of fused-ring (bicyclic) bond motifs is 1. The van der Waals surface area contributed by atoms with Crippen LogP contribution in [-0.4, -0.2) is 23.3 Å². The topological polar surface area (TPSA) is 93.7 Å². The number of aromatic nitrogens is 1. The fourth-order valence-corrected chi connectivity index (χ4v) is 7.85. The molecule has 0 unspecified atom stereocenters. The zero-order valence-corrected chi connectivity index (χ0v) is 28.9. The van der Waals surface area contributed by atoms with Crippen LogP contribution < -0.4 is 19.6 Å². The van der Waals surface area contributed by atoms with Gasteiger partial charge in [-0.25, -0.2) is 9.79 Å². The number of rotatable bonds is 7. The first-order valence-corrected chi connectivity index (χ1v) is 16.4. The predicted octanol–water partition coefficient (Wildman–Crippen LogP) is 6.65. The van der Waals surface area contributed by atoms with Crippen LogP contribution in [0, 0.1) is 18.5 Å². The highest BCUT2D eigenvalue weighted by Crippen LogP contribution is 2.38. The van der Waals surface area contributed by atoms with Gasteiger partial charge in [-0.2, -0.15) is 18.4 Å². The second-order valence-corrected chi connectivity index (χ2v) is 13.3. The number of nitrogens with zero attached hydrogens (tertiary/aromatic N) is 3. The Bertz CT molecular complexity index is 2070.